The van der Waals surface area contributed by atoms with Crippen LogP contribution in [0.1, 0.15) is 44.2 Å². The second-order valence-corrected chi connectivity index (χ2v) is 9.13. The zero-order valence-electron chi connectivity index (χ0n) is 18.7. The van der Waals surface area contributed by atoms with Crippen LogP contribution in [0.15, 0.2) is 60.7 Å². The smallest absolute Gasteiger partial charge is 0.407 e. The predicted octanol–water partition coefficient (Wildman–Crippen LogP) is 4.40. The molecule has 1 saturated heterocycles. The highest BCUT2D eigenvalue weighted by molar-refractivity contribution is 5.68. The van der Waals surface area contributed by atoms with Crippen LogP contribution in [0.5, 0.6) is 0 Å². The number of hydrogen-bond acceptors (Lipinski definition) is 5. The Morgan fingerprint density at radius 2 is 1.81 bits per heavy atom. The summed E-state index contributed by atoms with van der Waals surface area (Å²) in [5, 5.41) is 12.8. The molecule has 0 aliphatic carbocycles. The zero-order chi connectivity index (χ0) is 23.1. The summed E-state index contributed by atoms with van der Waals surface area (Å²) in [5.74, 6) is -0.779. The van der Waals surface area contributed by atoms with Crippen LogP contribution in [0.2, 0.25) is 0 Å². The molecule has 1 amide bonds. The molecular weight excluding hydrogens is 404 g/mol. The summed E-state index contributed by atoms with van der Waals surface area (Å²) >= 11 is 0. The van der Waals surface area contributed by atoms with E-state index in [0.717, 1.165) is 17.4 Å². The molecule has 5 atom stereocenters. The monoisotopic (exact) mass is 434 g/mol. The van der Waals surface area contributed by atoms with E-state index in [0.29, 0.717) is 12.8 Å². The molecule has 0 spiro atoms. The fraction of sp³-hybridized carbons (Fsp3) is 0.423. The highest BCUT2D eigenvalue weighted by Gasteiger charge is 2.44. The van der Waals surface area contributed by atoms with Crippen LogP contribution in [0.4, 0.5) is 4.79 Å². The van der Waals surface area contributed by atoms with Crippen molar-refractivity contribution in [3.05, 3.63) is 71.8 Å². The molecule has 0 radical (unpaired) electrons. The lowest BCUT2D eigenvalue weighted by Crippen LogP contribution is -2.46. The van der Waals surface area contributed by atoms with Crippen LogP contribution in [0.3, 0.4) is 0 Å². The van der Waals surface area contributed by atoms with Gasteiger partial charge in [-0.05, 0) is 44.7 Å². The molecule has 2 aromatic carbocycles. The molecule has 0 aromatic heterocycles. The number of carbonyl (C=O) groups excluding carboxylic acids is 2. The first kappa shape index (κ1) is 23.5. The number of ether oxygens (including phenoxy) is 2. The highest BCUT2D eigenvalue weighted by atomic mass is 16.6. The largest absolute Gasteiger partial charge is 0.444 e. The number of benzene rings is 2. The fourth-order valence-corrected chi connectivity index (χ4v) is 4.16. The van der Waals surface area contributed by atoms with Crippen molar-refractivity contribution < 1.29 is 19.1 Å². The molecule has 1 heterocycles. The Morgan fingerprint density at radius 3 is 2.38 bits per heavy atom. The van der Waals surface area contributed by atoms with Crippen molar-refractivity contribution >= 4 is 12.4 Å². The maximum absolute atomic E-state index is 12.5. The van der Waals surface area contributed by atoms with Gasteiger partial charge in [-0.15, -0.1) is 0 Å². The van der Waals surface area contributed by atoms with Gasteiger partial charge in [0.1, 0.15) is 18.0 Å². The van der Waals surface area contributed by atoms with Crippen molar-refractivity contribution in [3.8, 4) is 6.07 Å². The van der Waals surface area contributed by atoms with Crippen molar-refractivity contribution in [2.75, 3.05) is 0 Å². The van der Waals surface area contributed by atoms with Gasteiger partial charge in [0.05, 0.1) is 24.1 Å². The van der Waals surface area contributed by atoms with Gasteiger partial charge in [0.25, 0.3) is 0 Å². The van der Waals surface area contributed by atoms with E-state index in [2.05, 4.69) is 11.4 Å². The van der Waals surface area contributed by atoms with Crippen molar-refractivity contribution in [2.24, 2.45) is 5.92 Å². The summed E-state index contributed by atoms with van der Waals surface area (Å²) < 4.78 is 11.6. The Morgan fingerprint density at radius 1 is 1.19 bits per heavy atom. The molecule has 1 aliphatic heterocycles. The van der Waals surface area contributed by atoms with Gasteiger partial charge < -0.3 is 19.6 Å². The number of nitrogens with zero attached hydrogens (tertiary/aromatic N) is 1. The van der Waals surface area contributed by atoms with Crippen molar-refractivity contribution in [1.82, 2.24) is 5.32 Å². The third-order valence-electron chi connectivity index (χ3n) is 5.57. The molecule has 1 aliphatic rings. The number of rotatable bonds is 7. The first-order chi connectivity index (χ1) is 15.3. The lowest BCUT2D eigenvalue weighted by Gasteiger charge is -2.27. The van der Waals surface area contributed by atoms with Gasteiger partial charge in [0.2, 0.25) is 0 Å². The number of nitriles is 1. The Hall–Kier alpha value is -3.17. The minimum Gasteiger partial charge on any atom is -0.444 e. The maximum Gasteiger partial charge on any atom is 0.407 e. The van der Waals surface area contributed by atoms with E-state index < -0.39 is 35.9 Å². The number of carbonyl (C=O) groups is 2. The predicted molar refractivity (Wildman–Crippen MR) is 121 cm³/mol. The molecule has 0 bridgehead atoms. The number of alkyl carbamates (subject to hydrolysis) is 1. The molecule has 0 saturated carbocycles. The van der Waals surface area contributed by atoms with Crippen molar-refractivity contribution in [1.29, 1.82) is 5.26 Å². The molecule has 1 fully saturated rings. The molecule has 3 rings (SSSR count). The molecule has 2 aromatic rings. The summed E-state index contributed by atoms with van der Waals surface area (Å²) in [7, 11) is 0. The first-order valence-electron chi connectivity index (χ1n) is 10.9. The Balaban J connectivity index is 1.83. The molecule has 168 valence electrons. The molecular formula is C26H30N2O4. The minimum absolute atomic E-state index is 0.302. The molecule has 4 unspecified atom stereocenters. The average molecular weight is 435 g/mol. The van der Waals surface area contributed by atoms with Gasteiger partial charge in [-0.2, -0.15) is 5.26 Å². The second-order valence-electron chi connectivity index (χ2n) is 9.13. The topological polar surface area (TPSA) is 88.4 Å². The maximum atomic E-state index is 12.5. The summed E-state index contributed by atoms with van der Waals surface area (Å²) in [5.41, 5.74) is 1.25. The lowest BCUT2D eigenvalue weighted by molar-refractivity contribution is -0.119. The van der Waals surface area contributed by atoms with Crippen LogP contribution in [0, 0.1) is 17.2 Å². The standard InChI is InChI=1S/C26H30N2O4/c1-26(2,3)32-25(30)28-22(14-18-10-6-4-7-11-18)23-15-20(24(17-29)31-23)21(16-27)19-12-8-5-9-13-19/h4-13,17,20-24H,14-15H2,1-3H3,(H,28,30)/t20?,21?,22-,23?,24?/m0/s1. The second kappa shape index (κ2) is 10.4. The van der Waals surface area contributed by atoms with E-state index in [1.54, 1.807) is 20.8 Å². The summed E-state index contributed by atoms with van der Waals surface area (Å²) in [6.45, 7) is 5.42. The summed E-state index contributed by atoms with van der Waals surface area (Å²) in [4.78, 5) is 24.4. The number of amides is 1. The molecule has 1 N–H and O–H groups in total. The molecule has 6 heteroatoms. The van der Waals surface area contributed by atoms with Crippen LogP contribution >= 0.6 is 0 Å². The van der Waals surface area contributed by atoms with Gasteiger partial charge in [-0.25, -0.2) is 4.79 Å². The van der Waals surface area contributed by atoms with Gasteiger partial charge in [-0.1, -0.05) is 60.7 Å². The van der Waals surface area contributed by atoms with Gasteiger partial charge >= 0.3 is 6.09 Å². The third-order valence-corrected chi connectivity index (χ3v) is 5.57. The number of nitrogens with one attached hydrogen (secondary N) is 1. The Kier molecular flexibility index (Phi) is 7.66. The fourth-order valence-electron chi connectivity index (χ4n) is 4.16. The van der Waals surface area contributed by atoms with E-state index in [4.69, 9.17) is 9.47 Å². The summed E-state index contributed by atoms with van der Waals surface area (Å²) in [6.07, 6.45) is 0.0829. The van der Waals surface area contributed by atoms with E-state index in [1.165, 1.54) is 0 Å². The Labute approximate surface area is 189 Å². The quantitative estimate of drug-likeness (QED) is 0.653. The van der Waals surface area contributed by atoms with Crippen molar-refractivity contribution in [2.45, 2.75) is 63.4 Å². The minimum atomic E-state index is -0.719. The van der Waals surface area contributed by atoms with E-state index in [-0.39, 0.29) is 5.92 Å². The number of hydrogen-bond donors (Lipinski definition) is 1. The van der Waals surface area contributed by atoms with Crippen LogP contribution in [-0.4, -0.2) is 36.2 Å². The third kappa shape index (κ3) is 6.18. The van der Waals surface area contributed by atoms with E-state index in [9.17, 15) is 14.9 Å². The SMILES string of the molecule is CC(C)(C)OC(=O)N[C@@H](Cc1ccccc1)C1CC(C(C#N)c2ccccc2)C(C=O)O1. The van der Waals surface area contributed by atoms with Gasteiger partial charge in [-0.3, -0.25) is 0 Å². The highest BCUT2D eigenvalue weighted by Crippen LogP contribution is 2.38. The van der Waals surface area contributed by atoms with E-state index >= 15 is 0 Å². The summed E-state index contributed by atoms with van der Waals surface area (Å²) in [6, 6.07) is 21.2. The van der Waals surface area contributed by atoms with Crippen LogP contribution < -0.4 is 5.32 Å². The van der Waals surface area contributed by atoms with Gasteiger partial charge in [0, 0.05) is 5.92 Å². The van der Waals surface area contributed by atoms with Crippen LogP contribution in [0.25, 0.3) is 0 Å². The lowest BCUT2D eigenvalue weighted by atomic mass is 9.81. The molecule has 6 nitrogen and oxygen atoms in total. The zero-order valence-corrected chi connectivity index (χ0v) is 18.7. The first-order valence-corrected chi connectivity index (χ1v) is 10.9. The molecule has 32 heavy (non-hydrogen) atoms. The van der Waals surface area contributed by atoms with Crippen molar-refractivity contribution in [3.63, 3.8) is 0 Å². The number of aldehydes is 1. The van der Waals surface area contributed by atoms with Gasteiger partial charge in [0.15, 0.2) is 0 Å². The average Bonchev–Trinajstić information content (AvgIpc) is 3.18. The van der Waals surface area contributed by atoms with E-state index in [1.807, 2.05) is 60.7 Å². The normalized spacial score (nSPS) is 22.4. The Bertz CT molecular complexity index is 934. The van der Waals surface area contributed by atoms with Crippen LogP contribution in [-0.2, 0) is 20.7 Å².